The Kier molecular flexibility index (Phi) is 6.11. The Balaban J connectivity index is 1.29. The van der Waals surface area contributed by atoms with E-state index in [0.29, 0.717) is 0 Å². The topological polar surface area (TPSA) is 69.0 Å². The average molecular weight is 439 g/mol. The van der Waals surface area contributed by atoms with E-state index >= 15 is 0 Å². The first-order chi connectivity index (χ1) is 16.1. The van der Waals surface area contributed by atoms with Crippen LogP contribution in [0.1, 0.15) is 55.2 Å². The van der Waals surface area contributed by atoms with E-state index in [1.165, 1.54) is 17.5 Å². The van der Waals surface area contributed by atoms with Gasteiger partial charge in [-0.1, -0.05) is 43.5 Å². The molecular formula is C28H30N4O. The van der Waals surface area contributed by atoms with Crippen molar-refractivity contribution in [1.82, 2.24) is 9.88 Å². The zero-order valence-electron chi connectivity index (χ0n) is 19.0. The molecule has 5 nitrogen and oxygen atoms in total. The molecule has 0 bridgehead atoms. The van der Waals surface area contributed by atoms with E-state index in [0.717, 1.165) is 80.3 Å². The summed E-state index contributed by atoms with van der Waals surface area (Å²) < 4.78 is 0. The predicted octanol–water partition coefficient (Wildman–Crippen LogP) is 5.44. The average Bonchev–Trinajstić information content (AvgIpc) is 2.87. The molecule has 2 aliphatic rings. The molecule has 3 aromatic rings. The number of hydrogen-bond acceptors (Lipinski definition) is 4. The van der Waals surface area contributed by atoms with Gasteiger partial charge in [0.15, 0.2) is 0 Å². The molecule has 1 N–H and O–H groups in total. The Labute approximate surface area is 195 Å². The zero-order chi connectivity index (χ0) is 22.7. The van der Waals surface area contributed by atoms with E-state index in [1.54, 1.807) is 6.20 Å². The first-order valence-corrected chi connectivity index (χ1v) is 12.1. The minimum Gasteiger partial charge on any atom is -0.324 e. The van der Waals surface area contributed by atoms with Crippen molar-refractivity contribution in [2.75, 3.05) is 18.4 Å². The monoisotopic (exact) mass is 438 g/mol. The Morgan fingerprint density at radius 2 is 1.94 bits per heavy atom. The van der Waals surface area contributed by atoms with Crippen LogP contribution >= 0.6 is 0 Å². The zero-order valence-corrected chi connectivity index (χ0v) is 19.0. The van der Waals surface area contributed by atoms with Gasteiger partial charge in [0.2, 0.25) is 5.91 Å². The van der Waals surface area contributed by atoms with E-state index in [-0.39, 0.29) is 11.3 Å². The van der Waals surface area contributed by atoms with Crippen molar-refractivity contribution in [1.29, 1.82) is 5.26 Å². The van der Waals surface area contributed by atoms with Crippen molar-refractivity contribution >= 4 is 22.5 Å². The van der Waals surface area contributed by atoms with Crippen molar-refractivity contribution in [3.8, 4) is 6.07 Å². The highest BCUT2D eigenvalue weighted by Gasteiger charge is 2.39. The van der Waals surface area contributed by atoms with Crippen molar-refractivity contribution < 1.29 is 4.79 Å². The number of rotatable bonds is 5. The number of pyridine rings is 1. The molecule has 1 aliphatic heterocycles. The van der Waals surface area contributed by atoms with Gasteiger partial charge in [-0.05, 0) is 67.6 Å². The van der Waals surface area contributed by atoms with Gasteiger partial charge in [-0.3, -0.25) is 14.7 Å². The number of fused-ring (bicyclic) bond motifs is 2. The number of nitrogens with one attached hydrogen (secondary N) is 1. The van der Waals surface area contributed by atoms with Gasteiger partial charge >= 0.3 is 0 Å². The van der Waals surface area contributed by atoms with Crippen molar-refractivity contribution in [2.24, 2.45) is 5.41 Å². The number of amides is 1. The summed E-state index contributed by atoms with van der Waals surface area (Å²) in [6.45, 7) is 2.77. The number of anilines is 1. The van der Waals surface area contributed by atoms with Crippen LogP contribution in [-0.4, -0.2) is 28.9 Å². The van der Waals surface area contributed by atoms with Gasteiger partial charge in [0.25, 0.3) is 0 Å². The molecule has 2 aromatic carbocycles. The summed E-state index contributed by atoms with van der Waals surface area (Å²) in [4.78, 5) is 20.5. The van der Waals surface area contributed by atoms with E-state index in [1.807, 2.05) is 42.5 Å². The van der Waals surface area contributed by atoms with Crippen LogP contribution in [0.2, 0.25) is 0 Å². The standard InChI is InChI=1S/C28H30N4O/c29-18-21-8-9-22-10-14-32(20-24(22)16-21)15-13-28(11-4-1-5-12-28)27(33)31-25-17-23-6-2-3-7-26(23)30-19-25/h2-3,6-9,16-17,19H,1,4-5,10-15,20H2,(H,31,33). The highest BCUT2D eigenvalue weighted by Crippen LogP contribution is 2.41. The third kappa shape index (κ3) is 4.62. The fourth-order valence-electron chi connectivity index (χ4n) is 5.47. The molecule has 168 valence electrons. The van der Waals surface area contributed by atoms with Crippen LogP contribution in [0.4, 0.5) is 5.69 Å². The van der Waals surface area contributed by atoms with Gasteiger partial charge in [-0.2, -0.15) is 5.26 Å². The molecule has 2 heterocycles. The van der Waals surface area contributed by atoms with Gasteiger partial charge in [0.05, 0.1) is 34.4 Å². The molecule has 0 radical (unpaired) electrons. The number of carbonyl (C=O) groups excluding carboxylic acids is 1. The summed E-state index contributed by atoms with van der Waals surface area (Å²) in [7, 11) is 0. The molecule has 0 saturated heterocycles. The van der Waals surface area contributed by atoms with Gasteiger partial charge in [0, 0.05) is 18.5 Å². The van der Waals surface area contributed by atoms with Crippen LogP contribution in [0.3, 0.4) is 0 Å². The molecule has 0 atom stereocenters. The summed E-state index contributed by atoms with van der Waals surface area (Å²) in [6.07, 6.45) is 8.96. The Morgan fingerprint density at radius 1 is 1.09 bits per heavy atom. The first kappa shape index (κ1) is 21.6. The molecule has 1 aliphatic carbocycles. The Morgan fingerprint density at radius 3 is 2.79 bits per heavy atom. The maximum absolute atomic E-state index is 13.6. The lowest BCUT2D eigenvalue weighted by atomic mass is 9.71. The van der Waals surface area contributed by atoms with Crippen LogP contribution in [-0.2, 0) is 17.8 Å². The predicted molar refractivity (Wildman–Crippen MR) is 131 cm³/mol. The van der Waals surface area contributed by atoms with E-state index in [9.17, 15) is 10.1 Å². The van der Waals surface area contributed by atoms with E-state index < -0.39 is 0 Å². The number of para-hydroxylation sites is 1. The number of carbonyl (C=O) groups is 1. The fraction of sp³-hybridized carbons (Fsp3) is 0.393. The SMILES string of the molecule is N#Cc1ccc2c(c1)CN(CCC1(C(=O)Nc3cnc4ccccc4c3)CCCCC1)CC2. The third-order valence-electron chi connectivity index (χ3n) is 7.47. The molecule has 1 saturated carbocycles. The number of nitrogens with zero attached hydrogens (tertiary/aromatic N) is 3. The quantitative estimate of drug-likeness (QED) is 0.576. The van der Waals surface area contributed by atoms with Gasteiger partial charge in [-0.15, -0.1) is 0 Å². The van der Waals surface area contributed by atoms with Crippen molar-refractivity contribution in [3.63, 3.8) is 0 Å². The second-order valence-corrected chi connectivity index (χ2v) is 9.58. The highest BCUT2D eigenvalue weighted by atomic mass is 16.2. The van der Waals surface area contributed by atoms with Gasteiger partial charge in [0.1, 0.15) is 0 Å². The van der Waals surface area contributed by atoms with Crippen LogP contribution in [0.5, 0.6) is 0 Å². The molecule has 1 amide bonds. The second-order valence-electron chi connectivity index (χ2n) is 9.58. The lowest BCUT2D eigenvalue weighted by molar-refractivity contribution is -0.128. The number of aromatic nitrogens is 1. The second kappa shape index (κ2) is 9.33. The largest absolute Gasteiger partial charge is 0.324 e. The van der Waals surface area contributed by atoms with Crippen LogP contribution in [0.25, 0.3) is 10.9 Å². The maximum atomic E-state index is 13.6. The summed E-state index contributed by atoms with van der Waals surface area (Å²) in [5.74, 6) is 0.142. The maximum Gasteiger partial charge on any atom is 0.230 e. The summed E-state index contributed by atoms with van der Waals surface area (Å²) in [5.41, 5.74) is 4.72. The lowest BCUT2D eigenvalue weighted by Crippen LogP contribution is -2.42. The summed E-state index contributed by atoms with van der Waals surface area (Å²) in [5, 5.41) is 13.5. The number of hydrogen-bond donors (Lipinski definition) is 1. The van der Waals surface area contributed by atoms with Crippen LogP contribution in [0.15, 0.2) is 54.7 Å². The molecule has 5 heteroatoms. The lowest BCUT2D eigenvalue weighted by Gasteiger charge is -2.38. The molecular weight excluding hydrogens is 408 g/mol. The number of nitriles is 1. The molecule has 33 heavy (non-hydrogen) atoms. The smallest absolute Gasteiger partial charge is 0.230 e. The van der Waals surface area contributed by atoms with Crippen LogP contribution in [0, 0.1) is 16.7 Å². The molecule has 0 unspecified atom stereocenters. The summed E-state index contributed by atoms with van der Waals surface area (Å²) >= 11 is 0. The van der Waals surface area contributed by atoms with Crippen molar-refractivity contribution in [2.45, 2.75) is 51.5 Å². The Hall–Kier alpha value is -3.23. The highest BCUT2D eigenvalue weighted by molar-refractivity contribution is 5.96. The normalized spacial score (nSPS) is 17.8. The van der Waals surface area contributed by atoms with E-state index in [4.69, 9.17) is 0 Å². The van der Waals surface area contributed by atoms with E-state index in [2.05, 4.69) is 27.3 Å². The molecule has 1 fully saturated rings. The molecule has 5 rings (SSSR count). The Bertz CT molecular complexity index is 1210. The molecule has 1 aromatic heterocycles. The number of benzene rings is 2. The van der Waals surface area contributed by atoms with Gasteiger partial charge in [-0.25, -0.2) is 0 Å². The minimum absolute atomic E-state index is 0.142. The fourth-order valence-corrected chi connectivity index (χ4v) is 5.47. The van der Waals surface area contributed by atoms with Gasteiger partial charge < -0.3 is 5.32 Å². The first-order valence-electron chi connectivity index (χ1n) is 12.1. The third-order valence-corrected chi connectivity index (χ3v) is 7.47. The van der Waals surface area contributed by atoms with Crippen molar-refractivity contribution in [3.05, 3.63) is 71.4 Å². The molecule has 0 spiro atoms. The summed E-state index contributed by atoms with van der Waals surface area (Å²) in [6, 6.07) is 18.3. The van der Waals surface area contributed by atoms with Crippen LogP contribution < -0.4 is 5.32 Å². The minimum atomic E-state index is -0.321.